The number of benzene rings is 1. The van der Waals surface area contributed by atoms with Gasteiger partial charge in [0.15, 0.2) is 0 Å². The van der Waals surface area contributed by atoms with Gasteiger partial charge in [-0.25, -0.2) is 8.42 Å². The van der Waals surface area contributed by atoms with Crippen LogP contribution >= 0.6 is 0 Å². The van der Waals surface area contributed by atoms with Gasteiger partial charge in [-0.15, -0.1) is 0 Å². The lowest BCUT2D eigenvalue weighted by atomic mass is 10.2. The predicted octanol–water partition coefficient (Wildman–Crippen LogP) is 1.71. The summed E-state index contributed by atoms with van der Waals surface area (Å²) in [6.07, 6.45) is -0.317. The minimum absolute atomic E-state index is 0.159. The molecule has 0 radical (unpaired) electrons. The van der Waals surface area contributed by atoms with E-state index in [1.165, 1.54) is 28.6 Å². The highest BCUT2D eigenvalue weighted by molar-refractivity contribution is 7.89. The van der Waals surface area contributed by atoms with E-state index in [0.29, 0.717) is 30.1 Å². The second-order valence-electron chi connectivity index (χ2n) is 6.72. The summed E-state index contributed by atoms with van der Waals surface area (Å²) in [5.41, 5.74) is 0.994. The van der Waals surface area contributed by atoms with Crippen LogP contribution in [0.1, 0.15) is 35.7 Å². The van der Waals surface area contributed by atoms with Gasteiger partial charge in [0.25, 0.3) is 5.91 Å². The average molecular weight is 393 g/mol. The van der Waals surface area contributed by atoms with Crippen LogP contribution in [0.5, 0.6) is 0 Å². The number of amides is 1. The van der Waals surface area contributed by atoms with Crippen LogP contribution in [-0.2, 0) is 21.3 Å². The fourth-order valence-corrected chi connectivity index (χ4v) is 4.62. The van der Waals surface area contributed by atoms with Crippen LogP contribution in [0.2, 0.25) is 0 Å². The fourth-order valence-electron chi connectivity index (χ4n) is 3.03. The average Bonchev–Trinajstić information content (AvgIpc) is 3.04. The molecule has 9 heteroatoms. The van der Waals surface area contributed by atoms with Crippen molar-refractivity contribution in [3.05, 3.63) is 47.3 Å². The number of hydrogen-bond acceptors (Lipinski definition) is 6. The van der Waals surface area contributed by atoms with Gasteiger partial charge < -0.3 is 14.6 Å². The van der Waals surface area contributed by atoms with Crippen molar-refractivity contribution in [1.82, 2.24) is 14.8 Å². The van der Waals surface area contributed by atoms with Gasteiger partial charge in [-0.2, -0.15) is 4.31 Å². The molecule has 0 bridgehead atoms. The van der Waals surface area contributed by atoms with Crippen molar-refractivity contribution in [2.75, 3.05) is 13.1 Å². The van der Waals surface area contributed by atoms with Gasteiger partial charge in [0.05, 0.1) is 23.6 Å². The first-order valence-corrected chi connectivity index (χ1v) is 10.2. The summed E-state index contributed by atoms with van der Waals surface area (Å²) in [6.45, 7) is 6.33. The first kappa shape index (κ1) is 19.5. The Morgan fingerprint density at radius 3 is 2.41 bits per heavy atom. The highest BCUT2D eigenvalue weighted by Crippen LogP contribution is 2.21. The van der Waals surface area contributed by atoms with Crippen LogP contribution in [-0.4, -0.2) is 49.1 Å². The summed E-state index contributed by atoms with van der Waals surface area (Å²) in [5, 5.41) is 6.53. The molecule has 0 aliphatic carbocycles. The van der Waals surface area contributed by atoms with E-state index in [2.05, 4.69) is 10.5 Å². The molecule has 2 unspecified atom stereocenters. The molecule has 27 heavy (non-hydrogen) atoms. The lowest BCUT2D eigenvalue weighted by Gasteiger charge is -2.34. The van der Waals surface area contributed by atoms with Crippen LogP contribution in [0, 0.1) is 6.92 Å². The Morgan fingerprint density at radius 2 is 1.85 bits per heavy atom. The predicted molar refractivity (Wildman–Crippen MR) is 97.6 cm³/mol. The van der Waals surface area contributed by atoms with Crippen LogP contribution in [0.25, 0.3) is 0 Å². The maximum atomic E-state index is 12.8. The zero-order valence-electron chi connectivity index (χ0n) is 15.5. The Kier molecular flexibility index (Phi) is 5.64. The number of morpholine rings is 1. The molecular formula is C18H23N3O5S. The second-order valence-corrected chi connectivity index (χ2v) is 8.65. The largest absolute Gasteiger partial charge is 0.373 e. The topological polar surface area (TPSA) is 102 Å². The zero-order chi connectivity index (χ0) is 19.6. The number of nitrogens with zero attached hydrogens (tertiary/aromatic N) is 2. The van der Waals surface area contributed by atoms with E-state index >= 15 is 0 Å². The van der Waals surface area contributed by atoms with Crippen LogP contribution < -0.4 is 5.32 Å². The highest BCUT2D eigenvalue weighted by atomic mass is 32.2. The monoisotopic (exact) mass is 393 g/mol. The number of ether oxygens (including phenoxy) is 1. The Morgan fingerprint density at radius 1 is 1.22 bits per heavy atom. The SMILES string of the molecule is Cc1cc(CNC(=O)c2ccc(S(=O)(=O)N3CC(C)OC(C)C3)cc2)no1. The van der Waals surface area contributed by atoms with Gasteiger partial charge >= 0.3 is 0 Å². The number of hydrogen-bond donors (Lipinski definition) is 1. The van der Waals surface area contributed by atoms with Gasteiger partial charge in [-0.1, -0.05) is 5.16 Å². The van der Waals surface area contributed by atoms with Crippen molar-refractivity contribution in [1.29, 1.82) is 0 Å². The smallest absolute Gasteiger partial charge is 0.251 e. The molecule has 1 fully saturated rings. The number of sulfonamides is 1. The summed E-state index contributed by atoms with van der Waals surface area (Å²) >= 11 is 0. The summed E-state index contributed by atoms with van der Waals surface area (Å²) in [6, 6.07) is 7.65. The van der Waals surface area contributed by atoms with Crippen molar-refractivity contribution in [2.45, 2.75) is 44.4 Å². The Labute approximate surface area is 158 Å². The molecule has 2 heterocycles. The molecule has 1 aromatic heterocycles. The molecule has 146 valence electrons. The zero-order valence-corrected chi connectivity index (χ0v) is 16.3. The number of nitrogens with one attached hydrogen (secondary N) is 1. The van der Waals surface area contributed by atoms with E-state index in [1.807, 2.05) is 13.8 Å². The second kappa shape index (κ2) is 7.79. The van der Waals surface area contributed by atoms with Crippen LogP contribution in [0.15, 0.2) is 39.8 Å². The number of aryl methyl sites for hydroxylation is 1. The molecule has 1 amide bonds. The van der Waals surface area contributed by atoms with Crippen molar-refractivity contribution in [2.24, 2.45) is 0 Å². The molecule has 8 nitrogen and oxygen atoms in total. The standard InChI is InChI=1S/C18H23N3O5S/c1-12-8-16(20-26-12)9-19-18(22)15-4-6-17(7-5-15)27(23,24)21-10-13(2)25-14(3)11-21/h4-8,13-14H,9-11H2,1-3H3,(H,19,22). The van der Waals surface area contributed by atoms with E-state index in [-0.39, 0.29) is 29.6 Å². The van der Waals surface area contributed by atoms with Gasteiger partial charge in [0.1, 0.15) is 11.5 Å². The first-order valence-electron chi connectivity index (χ1n) is 8.72. The maximum absolute atomic E-state index is 12.8. The number of aromatic nitrogens is 1. The number of carbonyl (C=O) groups excluding carboxylic acids is 1. The van der Waals surface area contributed by atoms with Gasteiger partial charge in [-0.3, -0.25) is 4.79 Å². The van der Waals surface area contributed by atoms with Crippen molar-refractivity contribution < 1.29 is 22.5 Å². The molecular weight excluding hydrogens is 370 g/mol. The van der Waals surface area contributed by atoms with E-state index in [0.717, 1.165) is 0 Å². The summed E-state index contributed by atoms with van der Waals surface area (Å²) in [5.74, 6) is 0.355. The third kappa shape index (κ3) is 4.55. The molecule has 0 spiro atoms. The molecule has 1 aromatic carbocycles. The lowest BCUT2D eigenvalue weighted by Crippen LogP contribution is -2.48. The first-order chi connectivity index (χ1) is 12.8. The molecule has 2 aromatic rings. The summed E-state index contributed by atoms with van der Waals surface area (Å²) < 4.78 is 37.6. The van der Waals surface area contributed by atoms with Crippen LogP contribution in [0.3, 0.4) is 0 Å². The molecule has 1 N–H and O–H groups in total. The van der Waals surface area contributed by atoms with Gasteiger partial charge in [-0.05, 0) is 45.0 Å². The van der Waals surface area contributed by atoms with Gasteiger partial charge in [0, 0.05) is 24.7 Å². The molecule has 0 saturated carbocycles. The molecule has 2 atom stereocenters. The highest BCUT2D eigenvalue weighted by Gasteiger charge is 2.32. The van der Waals surface area contributed by atoms with E-state index < -0.39 is 10.0 Å². The number of rotatable bonds is 5. The van der Waals surface area contributed by atoms with Gasteiger partial charge in [0.2, 0.25) is 10.0 Å². The fraction of sp³-hybridized carbons (Fsp3) is 0.444. The molecule has 1 aliphatic heterocycles. The third-order valence-electron chi connectivity index (χ3n) is 4.25. The van der Waals surface area contributed by atoms with Crippen molar-refractivity contribution in [3.8, 4) is 0 Å². The minimum atomic E-state index is -3.62. The third-order valence-corrected chi connectivity index (χ3v) is 6.09. The molecule has 3 rings (SSSR count). The van der Waals surface area contributed by atoms with E-state index in [1.54, 1.807) is 13.0 Å². The Bertz CT molecular complexity index is 897. The summed E-state index contributed by atoms with van der Waals surface area (Å²) in [7, 11) is -3.62. The van der Waals surface area contributed by atoms with E-state index in [9.17, 15) is 13.2 Å². The minimum Gasteiger partial charge on any atom is -0.373 e. The maximum Gasteiger partial charge on any atom is 0.251 e. The van der Waals surface area contributed by atoms with Crippen LogP contribution in [0.4, 0.5) is 0 Å². The number of carbonyl (C=O) groups is 1. The summed E-state index contributed by atoms with van der Waals surface area (Å²) in [4.78, 5) is 12.4. The Hall–Kier alpha value is -2.23. The Balaban J connectivity index is 1.67. The lowest BCUT2D eigenvalue weighted by molar-refractivity contribution is -0.0440. The van der Waals surface area contributed by atoms with E-state index in [4.69, 9.17) is 9.26 Å². The molecule has 1 aliphatic rings. The molecule has 1 saturated heterocycles. The van der Waals surface area contributed by atoms with Crippen molar-refractivity contribution >= 4 is 15.9 Å². The normalized spacial score (nSPS) is 21.1. The quantitative estimate of drug-likeness (QED) is 0.830. The van der Waals surface area contributed by atoms with Crippen molar-refractivity contribution in [3.63, 3.8) is 0 Å².